The Hall–Kier alpha value is -2.71. The zero-order chi connectivity index (χ0) is 19.4. The normalized spacial score (nSPS) is 11.9. The van der Waals surface area contributed by atoms with Crippen LogP contribution in [-0.4, -0.2) is 22.1 Å². The van der Waals surface area contributed by atoms with E-state index >= 15 is 0 Å². The zero-order valence-electron chi connectivity index (χ0n) is 14.3. The highest BCUT2D eigenvalue weighted by Gasteiger charge is 2.21. The Morgan fingerprint density at radius 1 is 1.15 bits per heavy atom. The molecule has 0 radical (unpaired) electrons. The minimum atomic E-state index is -0.856. The second-order valence-corrected chi connectivity index (χ2v) is 7.15. The molecule has 9 heteroatoms. The molecule has 0 aliphatic rings. The van der Waals surface area contributed by atoms with Gasteiger partial charge in [0.15, 0.2) is 5.58 Å². The number of benzene rings is 2. The first-order chi connectivity index (χ1) is 13.0. The van der Waals surface area contributed by atoms with Gasteiger partial charge in [0.2, 0.25) is 5.91 Å². The van der Waals surface area contributed by atoms with Gasteiger partial charge in [-0.15, -0.1) is 11.8 Å². The molecule has 0 bridgehead atoms. The molecule has 0 aliphatic carbocycles. The Balaban J connectivity index is 1.56. The molecular formula is C18H16ClN3O4S. The first kappa shape index (κ1) is 19.1. The van der Waals surface area contributed by atoms with Gasteiger partial charge in [0.1, 0.15) is 6.04 Å². The molecular weight excluding hydrogens is 390 g/mol. The molecule has 3 aromatic rings. The van der Waals surface area contributed by atoms with Gasteiger partial charge in [0, 0.05) is 9.92 Å². The molecule has 27 heavy (non-hydrogen) atoms. The zero-order valence-corrected chi connectivity index (χ0v) is 15.8. The van der Waals surface area contributed by atoms with Crippen molar-refractivity contribution in [3.63, 3.8) is 0 Å². The quantitative estimate of drug-likeness (QED) is 0.503. The van der Waals surface area contributed by atoms with Crippen molar-refractivity contribution in [1.82, 2.24) is 15.4 Å². The van der Waals surface area contributed by atoms with E-state index in [1.54, 1.807) is 55.5 Å². The average Bonchev–Trinajstić information content (AvgIpc) is 3.00. The molecule has 1 heterocycles. The number of halogens is 1. The van der Waals surface area contributed by atoms with Crippen molar-refractivity contribution < 1.29 is 14.0 Å². The van der Waals surface area contributed by atoms with Crippen molar-refractivity contribution in [3.05, 3.63) is 64.1 Å². The largest absolute Gasteiger partial charge is 0.420 e. The Bertz CT molecular complexity index is 1030. The SMILES string of the molecule is CC(C(=O)NNC(=O)CSc1ccc(Cl)cc1)n1c(=O)oc2ccccc21. The van der Waals surface area contributed by atoms with Crippen LogP contribution in [0.3, 0.4) is 0 Å². The first-order valence-electron chi connectivity index (χ1n) is 8.03. The van der Waals surface area contributed by atoms with Crippen LogP contribution >= 0.6 is 23.4 Å². The maximum absolute atomic E-state index is 12.3. The van der Waals surface area contributed by atoms with Crippen LogP contribution in [0.25, 0.3) is 11.1 Å². The van der Waals surface area contributed by atoms with Crippen molar-refractivity contribution in [2.24, 2.45) is 0 Å². The van der Waals surface area contributed by atoms with Crippen LogP contribution in [0.5, 0.6) is 0 Å². The number of hydrogen-bond donors (Lipinski definition) is 2. The van der Waals surface area contributed by atoms with E-state index in [0.29, 0.717) is 16.1 Å². The number of fused-ring (bicyclic) bond motifs is 1. The van der Waals surface area contributed by atoms with Gasteiger partial charge >= 0.3 is 5.76 Å². The number of para-hydroxylation sites is 2. The van der Waals surface area contributed by atoms with Crippen LogP contribution in [0, 0.1) is 0 Å². The minimum Gasteiger partial charge on any atom is -0.408 e. The van der Waals surface area contributed by atoms with Crippen molar-refractivity contribution in [1.29, 1.82) is 0 Å². The lowest BCUT2D eigenvalue weighted by Crippen LogP contribution is -2.46. The first-order valence-corrected chi connectivity index (χ1v) is 9.39. The molecule has 1 aromatic heterocycles. The Labute approximate surface area is 163 Å². The predicted octanol–water partition coefficient (Wildman–Crippen LogP) is 2.75. The highest BCUT2D eigenvalue weighted by atomic mass is 35.5. The lowest BCUT2D eigenvalue weighted by Gasteiger charge is -2.13. The minimum absolute atomic E-state index is 0.116. The average molecular weight is 406 g/mol. The lowest BCUT2D eigenvalue weighted by atomic mass is 10.2. The number of hydrogen-bond acceptors (Lipinski definition) is 5. The number of hydrazine groups is 1. The van der Waals surface area contributed by atoms with Gasteiger partial charge in [-0.3, -0.25) is 25.0 Å². The van der Waals surface area contributed by atoms with Crippen LogP contribution < -0.4 is 16.6 Å². The number of nitrogens with zero attached hydrogens (tertiary/aromatic N) is 1. The molecule has 3 rings (SSSR count). The summed E-state index contributed by atoms with van der Waals surface area (Å²) in [6, 6.07) is 13.0. The summed E-state index contributed by atoms with van der Waals surface area (Å²) < 4.78 is 6.35. The van der Waals surface area contributed by atoms with Gasteiger partial charge < -0.3 is 4.42 Å². The highest BCUT2D eigenvalue weighted by Crippen LogP contribution is 2.20. The van der Waals surface area contributed by atoms with Gasteiger partial charge in [-0.05, 0) is 43.3 Å². The maximum Gasteiger partial charge on any atom is 0.420 e. The van der Waals surface area contributed by atoms with E-state index in [1.807, 2.05) is 0 Å². The molecule has 0 saturated carbocycles. The molecule has 0 aliphatic heterocycles. The summed E-state index contributed by atoms with van der Waals surface area (Å²) in [4.78, 5) is 37.1. The van der Waals surface area contributed by atoms with Crippen molar-refractivity contribution >= 4 is 46.3 Å². The molecule has 1 unspecified atom stereocenters. The van der Waals surface area contributed by atoms with Gasteiger partial charge in [0.25, 0.3) is 5.91 Å². The van der Waals surface area contributed by atoms with E-state index in [4.69, 9.17) is 16.0 Å². The van der Waals surface area contributed by atoms with Gasteiger partial charge in [0.05, 0.1) is 11.3 Å². The lowest BCUT2D eigenvalue weighted by molar-refractivity contribution is -0.129. The molecule has 0 fully saturated rings. The van der Waals surface area contributed by atoms with Crippen LogP contribution in [0.15, 0.2) is 62.6 Å². The smallest absolute Gasteiger partial charge is 0.408 e. The number of carbonyl (C=O) groups is 2. The van der Waals surface area contributed by atoms with Gasteiger partial charge in [-0.2, -0.15) is 0 Å². The fraction of sp³-hybridized carbons (Fsp3) is 0.167. The molecule has 140 valence electrons. The standard InChI is InChI=1S/C18H16ClN3O4S/c1-11(22-14-4-2-3-5-15(14)26-18(22)25)17(24)21-20-16(23)10-27-13-8-6-12(19)7-9-13/h2-9,11H,10H2,1H3,(H,20,23)(H,21,24). The van der Waals surface area contributed by atoms with Crippen LogP contribution in [-0.2, 0) is 9.59 Å². The topological polar surface area (TPSA) is 93.3 Å². The number of carbonyl (C=O) groups excluding carboxylic acids is 2. The number of thioether (sulfide) groups is 1. The van der Waals surface area contributed by atoms with Crippen molar-refractivity contribution in [2.45, 2.75) is 17.9 Å². The molecule has 2 N–H and O–H groups in total. The summed E-state index contributed by atoms with van der Waals surface area (Å²) in [5.74, 6) is -1.43. The summed E-state index contributed by atoms with van der Waals surface area (Å²) in [6.07, 6.45) is 0. The second kappa shape index (κ2) is 8.32. The molecule has 0 saturated heterocycles. The third kappa shape index (κ3) is 4.53. The third-order valence-electron chi connectivity index (χ3n) is 3.79. The molecule has 0 spiro atoms. The van der Waals surface area contributed by atoms with Gasteiger partial charge in [-0.1, -0.05) is 23.7 Å². The summed E-state index contributed by atoms with van der Waals surface area (Å²) >= 11 is 7.12. The highest BCUT2D eigenvalue weighted by molar-refractivity contribution is 8.00. The van der Waals surface area contributed by atoms with Crippen LogP contribution in [0.2, 0.25) is 5.02 Å². The number of amides is 2. The van der Waals surface area contributed by atoms with E-state index in [2.05, 4.69) is 10.9 Å². The second-order valence-electron chi connectivity index (χ2n) is 5.66. The summed E-state index contributed by atoms with van der Waals surface area (Å²) in [5.41, 5.74) is 5.58. The Morgan fingerprint density at radius 2 is 1.85 bits per heavy atom. The van der Waals surface area contributed by atoms with E-state index in [0.717, 1.165) is 4.90 Å². The predicted molar refractivity (Wildman–Crippen MR) is 104 cm³/mol. The molecule has 2 aromatic carbocycles. The summed E-state index contributed by atoms with van der Waals surface area (Å²) in [5, 5.41) is 0.618. The monoisotopic (exact) mass is 405 g/mol. The van der Waals surface area contributed by atoms with Crippen LogP contribution in [0.4, 0.5) is 0 Å². The number of oxazole rings is 1. The van der Waals surface area contributed by atoms with E-state index in [1.165, 1.54) is 16.3 Å². The fourth-order valence-corrected chi connectivity index (χ4v) is 3.24. The Morgan fingerprint density at radius 3 is 2.59 bits per heavy atom. The van der Waals surface area contributed by atoms with E-state index in [-0.39, 0.29) is 11.7 Å². The maximum atomic E-state index is 12.3. The number of nitrogens with one attached hydrogen (secondary N) is 2. The summed E-state index contributed by atoms with van der Waals surface area (Å²) in [7, 11) is 0. The molecule has 7 nitrogen and oxygen atoms in total. The van der Waals surface area contributed by atoms with E-state index < -0.39 is 17.7 Å². The van der Waals surface area contributed by atoms with Crippen molar-refractivity contribution in [2.75, 3.05) is 5.75 Å². The Kier molecular flexibility index (Phi) is 5.88. The third-order valence-corrected chi connectivity index (χ3v) is 5.06. The summed E-state index contributed by atoms with van der Waals surface area (Å²) in [6.45, 7) is 1.55. The number of aromatic nitrogens is 1. The molecule has 1 atom stereocenters. The number of rotatable bonds is 5. The van der Waals surface area contributed by atoms with Crippen LogP contribution in [0.1, 0.15) is 13.0 Å². The van der Waals surface area contributed by atoms with Crippen molar-refractivity contribution in [3.8, 4) is 0 Å². The molecule has 2 amide bonds. The van der Waals surface area contributed by atoms with E-state index in [9.17, 15) is 14.4 Å². The van der Waals surface area contributed by atoms with Gasteiger partial charge in [-0.25, -0.2) is 4.79 Å². The fourth-order valence-electron chi connectivity index (χ4n) is 2.42.